The third kappa shape index (κ3) is 13.6. The van der Waals surface area contributed by atoms with E-state index in [0.717, 1.165) is 4.90 Å². The molecule has 2 atom stereocenters. The lowest BCUT2D eigenvalue weighted by Crippen LogP contribution is -2.59. The van der Waals surface area contributed by atoms with Gasteiger partial charge in [-0.3, -0.25) is 15.1 Å². The van der Waals surface area contributed by atoms with Gasteiger partial charge in [0.2, 0.25) is 0 Å². The second-order valence-electron chi connectivity index (χ2n) is 8.66. The molecule has 0 aliphatic heterocycles. The number of hydrogen-bond donors (Lipinski definition) is 4. The molecule has 0 aromatic carbocycles. The highest BCUT2D eigenvalue weighted by Crippen LogP contribution is 2.15. The van der Waals surface area contributed by atoms with Gasteiger partial charge >= 0.3 is 24.3 Å². The van der Waals surface area contributed by atoms with Gasteiger partial charge in [-0.2, -0.15) is 13.2 Å². The Morgan fingerprint density at radius 2 is 1.45 bits per heavy atom. The van der Waals surface area contributed by atoms with E-state index in [2.05, 4.69) is 10.7 Å². The van der Waals surface area contributed by atoms with Crippen LogP contribution in [0.5, 0.6) is 0 Å². The smallest absolute Gasteiger partial charge is 0.444 e. The zero-order valence-electron chi connectivity index (χ0n) is 19.4. The van der Waals surface area contributed by atoms with Gasteiger partial charge in [0.1, 0.15) is 11.2 Å². The predicted molar refractivity (Wildman–Crippen MR) is 108 cm³/mol. The van der Waals surface area contributed by atoms with Crippen molar-refractivity contribution in [3.63, 3.8) is 0 Å². The summed E-state index contributed by atoms with van der Waals surface area (Å²) in [7, 11) is 0. The minimum absolute atomic E-state index is 0. The quantitative estimate of drug-likeness (QED) is 0.338. The van der Waals surface area contributed by atoms with E-state index in [1.54, 1.807) is 48.5 Å². The highest BCUT2D eigenvalue weighted by Gasteiger charge is 2.39. The van der Waals surface area contributed by atoms with Crippen LogP contribution in [-0.4, -0.2) is 59.1 Å². The molecule has 0 bridgehead atoms. The summed E-state index contributed by atoms with van der Waals surface area (Å²) in [5, 5.41) is 2.61. The lowest BCUT2D eigenvalue weighted by Gasteiger charge is -2.34. The Kier molecular flexibility index (Phi) is 11.9. The lowest BCUT2D eigenvalue weighted by molar-refractivity contribution is -0.175. The Morgan fingerprint density at radius 1 is 0.968 bits per heavy atom. The molecular formula is C18H36F3N5O5. The largest absolute Gasteiger partial charge is 0.472 e. The molecule has 184 valence electrons. The average molecular weight is 460 g/mol. The summed E-state index contributed by atoms with van der Waals surface area (Å²) in [5.74, 6) is -2.21. The van der Waals surface area contributed by atoms with E-state index < -0.39 is 47.7 Å². The van der Waals surface area contributed by atoms with E-state index >= 15 is 0 Å². The van der Waals surface area contributed by atoms with Crippen LogP contribution in [0.4, 0.5) is 22.8 Å². The van der Waals surface area contributed by atoms with Crippen LogP contribution < -0.4 is 22.3 Å². The summed E-state index contributed by atoms with van der Waals surface area (Å²) in [5.41, 5.74) is 2.04. The van der Waals surface area contributed by atoms with Crippen molar-refractivity contribution in [1.82, 2.24) is 27.2 Å². The van der Waals surface area contributed by atoms with Crippen LogP contribution in [0.2, 0.25) is 0 Å². The zero-order chi connectivity index (χ0) is 23.9. The first-order chi connectivity index (χ1) is 13.4. The van der Waals surface area contributed by atoms with Crippen molar-refractivity contribution in [3.8, 4) is 0 Å². The molecule has 0 radical (unpaired) electrons. The maximum atomic E-state index is 12.6. The maximum absolute atomic E-state index is 12.6. The number of carbonyl (C=O) groups excluding carboxylic acids is 3. The van der Waals surface area contributed by atoms with E-state index in [1.807, 2.05) is 0 Å². The molecule has 31 heavy (non-hydrogen) atoms. The summed E-state index contributed by atoms with van der Waals surface area (Å²) in [6, 6.07) is -0.588. The Hall–Kier alpha value is -2.28. The molecule has 0 aliphatic rings. The van der Waals surface area contributed by atoms with Crippen LogP contribution in [0.15, 0.2) is 0 Å². The van der Waals surface area contributed by atoms with Gasteiger partial charge in [-0.25, -0.2) is 15.0 Å². The lowest BCUT2D eigenvalue weighted by atomic mass is 10.2. The molecular weight excluding hydrogens is 423 g/mol. The summed E-state index contributed by atoms with van der Waals surface area (Å²) >= 11 is 0. The fourth-order valence-electron chi connectivity index (χ4n) is 2.02. The summed E-state index contributed by atoms with van der Waals surface area (Å²) < 4.78 is 47.7. The molecule has 0 heterocycles. The van der Waals surface area contributed by atoms with E-state index in [9.17, 15) is 27.6 Å². The highest BCUT2D eigenvalue weighted by molar-refractivity contribution is 5.81. The SMILES string of the molecule is CCC(CN(C(=O)OC(C)(C)C)C(C)NNC(=O)C(F)(F)F)NC(=O)OC(C)(C)C.N. The van der Waals surface area contributed by atoms with Crippen molar-refractivity contribution in [3.05, 3.63) is 0 Å². The van der Waals surface area contributed by atoms with Gasteiger partial charge in [-0.15, -0.1) is 0 Å². The first-order valence-electron chi connectivity index (χ1n) is 9.47. The number of hydrazine groups is 1. The van der Waals surface area contributed by atoms with Crippen molar-refractivity contribution in [2.45, 2.75) is 91.4 Å². The minimum Gasteiger partial charge on any atom is -0.444 e. The van der Waals surface area contributed by atoms with Gasteiger partial charge in [-0.05, 0) is 54.9 Å². The van der Waals surface area contributed by atoms with Gasteiger partial charge in [0, 0.05) is 12.6 Å². The summed E-state index contributed by atoms with van der Waals surface area (Å²) in [6.45, 7) is 13.0. The van der Waals surface area contributed by atoms with Gasteiger partial charge in [-0.1, -0.05) is 6.92 Å². The molecule has 3 amide bonds. The summed E-state index contributed by atoms with van der Waals surface area (Å²) in [4.78, 5) is 36.7. The standard InChI is InChI=1S/C18H33F3N4O5.H3N/c1-9-12(22-14(27)29-16(3,4)5)10-25(15(28)30-17(6,7)8)11(2)23-24-13(26)18(19,20)21;/h11-12,23H,9-10H2,1-8H3,(H,22,27)(H,24,26);1H3. The van der Waals surface area contributed by atoms with E-state index in [0.29, 0.717) is 6.42 Å². The van der Waals surface area contributed by atoms with Gasteiger partial charge in [0.15, 0.2) is 0 Å². The Morgan fingerprint density at radius 3 is 1.84 bits per heavy atom. The summed E-state index contributed by atoms with van der Waals surface area (Å²) in [6.07, 6.45) is -7.33. The molecule has 0 saturated carbocycles. The van der Waals surface area contributed by atoms with Crippen LogP contribution in [-0.2, 0) is 14.3 Å². The average Bonchev–Trinajstić information content (AvgIpc) is 2.51. The van der Waals surface area contributed by atoms with Crippen LogP contribution in [0.1, 0.15) is 61.8 Å². The van der Waals surface area contributed by atoms with Crippen molar-refractivity contribution in [2.24, 2.45) is 0 Å². The molecule has 0 rings (SSSR count). The molecule has 0 aromatic heterocycles. The predicted octanol–water partition coefficient (Wildman–Crippen LogP) is 3.22. The Labute approximate surface area is 181 Å². The fourth-order valence-corrected chi connectivity index (χ4v) is 2.02. The number of rotatable bonds is 7. The highest BCUT2D eigenvalue weighted by atomic mass is 19.4. The number of hydrogen-bond acceptors (Lipinski definition) is 7. The number of alkyl halides is 3. The number of carbonyl (C=O) groups is 3. The molecule has 0 spiro atoms. The molecule has 0 aromatic rings. The minimum atomic E-state index is -5.09. The number of alkyl carbamates (subject to hydrolysis) is 1. The van der Waals surface area contributed by atoms with Gasteiger partial charge in [0.05, 0.1) is 6.17 Å². The molecule has 13 heteroatoms. The van der Waals surface area contributed by atoms with Crippen LogP contribution in [0, 0.1) is 0 Å². The fraction of sp³-hybridized carbons (Fsp3) is 0.833. The molecule has 0 fully saturated rings. The topological polar surface area (TPSA) is 144 Å². The molecule has 6 N–H and O–H groups in total. The second-order valence-corrected chi connectivity index (χ2v) is 8.66. The van der Waals surface area contributed by atoms with Crippen molar-refractivity contribution < 1.29 is 37.0 Å². The number of nitrogens with one attached hydrogen (secondary N) is 3. The Balaban J connectivity index is 0. The van der Waals surface area contributed by atoms with Crippen LogP contribution >= 0.6 is 0 Å². The number of amides is 3. The number of nitrogens with zero attached hydrogens (tertiary/aromatic N) is 1. The normalized spacial score (nSPS) is 13.9. The van der Waals surface area contributed by atoms with Gasteiger partial charge < -0.3 is 20.9 Å². The third-order valence-electron chi connectivity index (χ3n) is 3.38. The number of ether oxygens (including phenoxy) is 2. The molecule has 0 saturated heterocycles. The van der Waals surface area contributed by atoms with E-state index in [1.165, 1.54) is 12.3 Å². The van der Waals surface area contributed by atoms with E-state index in [-0.39, 0.29) is 12.7 Å². The van der Waals surface area contributed by atoms with Crippen molar-refractivity contribution in [2.75, 3.05) is 6.54 Å². The van der Waals surface area contributed by atoms with Gasteiger partial charge in [0.25, 0.3) is 0 Å². The molecule has 2 unspecified atom stereocenters. The number of halogens is 3. The van der Waals surface area contributed by atoms with E-state index in [4.69, 9.17) is 9.47 Å². The maximum Gasteiger partial charge on any atom is 0.472 e. The van der Waals surface area contributed by atoms with Crippen LogP contribution in [0.25, 0.3) is 0 Å². The third-order valence-corrected chi connectivity index (χ3v) is 3.38. The molecule has 10 nitrogen and oxygen atoms in total. The Bertz CT molecular complexity index is 603. The zero-order valence-corrected chi connectivity index (χ0v) is 19.4. The van der Waals surface area contributed by atoms with Crippen LogP contribution in [0.3, 0.4) is 0 Å². The molecule has 0 aliphatic carbocycles. The second kappa shape index (κ2) is 11.9. The first-order valence-corrected chi connectivity index (χ1v) is 9.47. The first kappa shape index (κ1) is 30.9. The monoisotopic (exact) mass is 459 g/mol. The van der Waals surface area contributed by atoms with Crippen molar-refractivity contribution in [1.29, 1.82) is 0 Å². The van der Waals surface area contributed by atoms with Crippen molar-refractivity contribution >= 4 is 18.1 Å².